The number of aromatic amines is 1. The van der Waals surface area contributed by atoms with Crippen molar-refractivity contribution in [2.45, 2.75) is 32.6 Å². The van der Waals surface area contributed by atoms with E-state index in [-0.39, 0.29) is 5.56 Å². The van der Waals surface area contributed by atoms with Crippen molar-refractivity contribution in [1.29, 1.82) is 0 Å². The Morgan fingerprint density at radius 1 is 1.19 bits per heavy atom. The van der Waals surface area contributed by atoms with E-state index in [1.807, 2.05) is 11.9 Å². The van der Waals surface area contributed by atoms with E-state index >= 15 is 0 Å². The van der Waals surface area contributed by atoms with Gasteiger partial charge in [-0.3, -0.25) is 14.8 Å². The molecule has 0 radical (unpaired) electrons. The maximum atomic E-state index is 12.4. The lowest BCUT2D eigenvalue weighted by Crippen LogP contribution is -2.32. The van der Waals surface area contributed by atoms with Crippen molar-refractivity contribution < 1.29 is 9.84 Å². The molecule has 1 fully saturated rings. The Bertz CT molecular complexity index is 924. The lowest BCUT2D eigenvalue weighted by molar-refractivity contribution is 0.302. The van der Waals surface area contributed by atoms with Crippen LogP contribution < -0.4 is 16.0 Å². The number of hydrogen-bond acceptors (Lipinski definition) is 6. The molecular formula is C19H24N4O4. The Labute approximate surface area is 156 Å². The molecule has 0 saturated carbocycles. The molecule has 27 heavy (non-hydrogen) atoms. The van der Waals surface area contributed by atoms with Gasteiger partial charge in [-0.05, 0) is 31.9 Å². The van der Waals surface area contributed by atoms with Crippen LogP contribution in [0.3, 0.4) is 0 Å². The van der Waals surface area contributed by atoms with Crippen LogP contribution in [0, 0.1) is 0 Å². The smallest absolute Gasteiger partial charge is 0.335 e. The van der Waals surface area contributed by atoms with Crippen LogP contribution in [0.25, 0.3) is 5.69 Å². The molecule has 0 amide bonds. The predicted octanol–water partition coefficient (Wildman–Crippen LogP) is 1.84. The van der Waals surface area contributed by atoms with Crippen LogP contribution in [-0.2, 0) is 0 Å². The minimum atomic E-state index is -0.739. The van der Waals surface area contributed by atoms with Crippen LogP contribution in [0.5, 0.6) is 11.6 Å². The molecule has 1 aliphatic heterocycles. The van der Waals surface area contributed by atoms with Crippen molar-refractivity contribution in [3.8, 4) is 17.3 Å². The molecule has 0 aliphatic carbocycles. The number of rotatable bonds is 5. The van der Waals surface area contributed by atoms with Gasteiger partial charge in [0.05, 0.1) is 18.5 Å². The second kappa shape index (κ2) is 8.57. The molecule has 144 valence electrons. The van der Waals surface area contributed by atoms with Gasteiger partial charge in [-0.1, -0.05) is 25.0 Å². The Hall–Kier alpha value is -3.03. The summed E-state index contributed by atoms with van der Waals surface area (Å²) >= 11 is 0. The summed E-state index contributed by atoms with van der Waals surface area (Å²) in [5.41, 5.74) is -1.13. The van der Waals surface area contributed by atoms with Crippen LogP contribution in [0.15, 0.2) is 39.0 Å². The minimum Gasteiger partial charge on any atom is -0.493 e. The van der Waals surface area contributed by atoms with Gasteiger partial charge in [0.2, 0.25) is 5.88 Å². The topological polar surface area (TPSA) is 99.9 Å². The predicted molar refractivity (Wildman–Crippen MR) is 103 cm³/mol. The van der Waals surface area contributed by atoms with E-state index in [0.29, 0.717) is 18.0 Å². The number of aromatic nitrogens is 2. The normalized spacial score (nSPS) is 15.1. The Balaban J connectivity index is 2.04. The summed E-state index contributed by atoms with van der Waals surface area (Å²) in [5, 5.41) is 16.9. The lowest BCUT2D eigenvalue weighted by atomic mass is 10.2. The zero-order valence-electron chi connectivity index (χ0n) is 15.4. The van der Waals surface area contributed by atoms with Crippen LogP contribution >= 0.6 is 0 Å². The van der Waals surface area contributed by atoms with Crippen LogP contribution in [0.1, 0.15) is 38.2 Å². The molecule has 2 aromatic rings. The van der Waals surface area contributed by atoms with E-state index in [1.165, 1.54) is 6.21 Å². The van der Waals surface area contributed by atoms with E-state index in [0.717, 1.165) is 43.3 Å². The highest BCUT2D eigenvalue weighted by Crippen LogP contribution is 2.25. The third-order valence-electron chi connectivity index (χ3n) is 4.46. The molecule has 0 bridgehead atoms. The fourth-order valence-electron chi connectivity index (χ4n) is 3.11. The Morgan fingerprint density at radius 3 is 2.59 bits per heavy atom. The molecule has 1 saturated heterocycles. The fraction of sp³-hybridized carbons (Fsp3) is 0.421. The Morgan fingerprint density at radius 2 is 1.89 bits per heavy atom. The molecule has 8 nitrogen and oxygen atoms in total. The number of H-pyrrole nitrogens is 1. The van der Waals surface area contributed by atoms with Gasteiger partial charge in [-0.25, -0.2) is 9.36 Å². The maximum absolute atomic E-state index is 12.4. The number of hydrazone groups is 1. The number of benzene rings is 1. The largest absolute Gasteiger partial charge is 0.493 e. The molecule has 0 unspecified atom stereocenters. The molecule has 1 aromatic carbocycles. The highest BCUT2D eigenvalue weighted by molar-refractivity contribution is 5.82. The quantitative estimate of drug-likeness (QED) is 0.780. The van der Waals surface area contributed by atoms with Crippen molar-refractivity contribution in [2.24, 2.45) is 5.10 Å². The maximum Gasteiger partial charge on any atom is 0.335 e. The third kappa shape index (κ3) is 4.21. The summed E-state index contributed by atoms with van der Waals surface area (Å²) in [6, 6.07) is 6.82. The second-order valence-corrected chi connectivity index (χ2v) is 6.35. The number of hydrogen-bond donors (Lipinski definition) is 2. The van der Waals surface area contributed by atoms with E-state index < -0.39 is 17.1 Å². The number of aromatic hydroxyl groups is 1. The van der Waals surface area contributed by atoms with Crippen molar-refractivity contribution >= 4 is 6.21 Å². The summed E-state index contributed by atoms with van der Waals surface area (Å²) in [4.78, 5) is 26.8. The lowest BCUT2D eigenvalue weighted by Gasteiger charge is -2.16. The van der Waals surface area contributed by atoms with Crippen molar-refractivity contribution in [3.63, 3.8) is 0 Å². The number of nitrogens with one attached hydrogen (secondary N) is 1. The third-order valence-corrected chi connectivity index (χ3v) is 4.46. The molecule has 8 heteroatoms. The molecule has 2 heterocycles. The van der Waals surface area contributed by atoms with E-state index in [9.17, 15) is 14.7 Å². The second-order valence-electron chi connectivity index (χ2n) is 6.35. The number of nitrogens with zero attached hydrogens (tertiary/aromatic N) is 3. The first-order valence-corrected chi connectivity index (χ1v) is 9.21. The summed E-state index contributed by atoms with van der Waals surface area (Å²) in [5.74, 6) is -0.0330. The van der Waals surface area contributed by atoms with Crippen LogP contribution in [-0.4, -0.2) is 45.6 Å². The van der Waals surface area contributed by atoms with Gasteiger partial charge in [0.25, 0.3) is 5.56 Å². The molecule has 2 N–H and O–H groups in total. The van der Waals surface area contributed by atoms with Crippen molar-refractivity contribution in [2.75, 3.05) is 19.7 Å². The van der Waals surface area contributed by atoms with Gasteiger partial charge in [-0.15, -0.1) is 0 Å². The fourth-order valence-corrected chi connectivity index (χ4v) is 3.11. The Kier molecular flexibility index (Phi) is 5.95. The summed E-state index contributed by atoms with van der Waals surface area (Å²) in [6.45, 7) is 3.84. The van der Waals surface area contributed by atoms with E-state index in [4.69, 9.17) is 4.74 Å². The first-order valence-electron chi connectivity index (χ1n) is 9.21. The summed E-state index contributed by atoms with van der Waals surface area (Å²) in [7, 11) is 0. The number of para-hydroxylation sites is 2. The van der Waals surface area contributed by atoms with Gasteiger partial charge in [0.15, 0.2) is 0 Å². The molecule has 0 atom stereocenters. The molecule has 3 rings (SSSR count). The van der Waals surface area contributed by atoms with E-state index in [2.05, 4.69) is 10.1 Å². The van der Waals surface area contributed by atoms with Gasteiger partial charge < -0.3 is 9.84 Å². The molecule has 1 aliphatic rings. The first-order chi connectivity index (χ1) is 13.1. The first kappa shape index (κ1) is 18.8. The monoisotopic (exact) mass is 372 g/mol. The van der Waals surface area contributed by atoms with E-state index in [1.54, 1.807) is 24.3 Å². The van der Waals surface area contributed by atoms with Crippen LogP contribution in [0.2, 0.25) is 0 Å². The highest BCUT2D eigenvalue weighted by Gasteiger charge is 2.17. The average Bonchev–Trinajstić information content (AvgIpc) is 2.92. The van der Waals surface area contributed by atoms with Gasteiger partial charge in [0, 0.05) is 13.1 Å². The minimum absolute atomic E-state index is 0.0647. The van der Waals surface area contributed by atoms with Gasteiger partial charge >= 0.3 is 5.69 Å². The van der Waals surface area contributed by atoms with Crippen LogP contribution in [0.4, 0.5) is 0 Å². The van der Waals surface area contributed by atoms with Crippen molar-refractivity contribution in [3.05, 3.63) is 50.7 Å². The zero-order chi connectivity index (χ0) is 19.2. The van der Waals surface area contributed by atoms with Gasteiger partial charge in [-0.2, -0.15) is 5.10 Å². The van der Waals surface area contributed by atoms with Crippen molar-refractivity contribution in [1.82, 2.24) is 14.6 Å². The summed E-state index contributed by atoms with van der Waals surface area (Å²) < 4.78 is 6.56. The summed E-state index contributed by atoms with van der Waals surface area (Å²) in [6.07, 6.45) is 5.73. The van der Waals surface area contributed by atoms with Gasteiger partial charge in [0.1, 0.15) is 11.3 Å². The molecule has 0 spiro atoms. The SMILES string of the molecule is CCOc1ccccc1-n1c(O)c(C=NN2CCCCCC2)c(=O)[nH]c1=O. The zero-order valence-corrected chi connectivity index (χ0v) is 15.4. The molecular weight excluding hydrogens is 348 g/mol. The molecule has 1 aromatic heterocycles. The average molecular weight is 372 g/mol. The standard InChI is InChI=1S/C19H24N4O4/c1-2-27-16-10-6-5-9-15(16)23-18(25)14(17(24)21-19(23)26)13-20-22-11-7-3-4-8-12-22/h5-6,9-10,13,25H,2-4,7-8,11-12H2,1H3,(H,21,24,26). The highest BCUT2D eigenvalue weighted by atomic mass is 16.5. The number of ether oxygens (including phenoxy) is 1.